The summed E-state index contributed by atoms with van der Waals surface area (Å²) >= 11 is 0. The van der Waals surface area contributed by atoms with Crippen molar-refractivity contribution in [2.24, 2.45) is 5.92 Å². The minimum absolute atomic E-state index is 0.155. The van der Waals surface area contributed by atoms with E-state index in [1.165, 1.54) is 5.56 Å². The van der Waals surface area contributed by atoms with E-state index in [1.54, 1.807) is 12.1 Å². The number of aryl methyl sites for hydroxylation is 2. The molecule has 0 aliphatic rings. The molecule has 0 spiro atoms. The van der Waals surface area contributed by atoms with Crippen molar-refractivity contribution < 1.29 is 10.2 Å². The van der Waals surface area contributed by atoms with Crippen LogP contribution in [-0.2, 0) is 0 Å². The molecule has 3 nitrogen and oxygen atoms in total. The fourth-order valence-corrected chi connectivity index (χ4v) is 2.57. The molecule has 0 aliphatic heterocycles. The first-order valence-corrected chi connectivity index (χ1v) is 5.95. The van der Waals surface area contributed by atoms with Crippen LogP contribution in [0.25, 0.3) is 0 Å². The Kier molecular flexibility index (Phi) is 4.54. The normalized spacial score (nSPS) is 15.0. The minimum Gasteiger partial charge on any atom is -0.508 e. The van der Waals surface area contributed by atoms with Gasteiger partial charge in [0.05, 0.1) is 0 Å². The van der Waals surface area contributed by atoms with Crippen molar-refractivity contribution in [1.29, 1.82) is 0 Å². The van der Waals surface area contributed by atoms with E-state index in [0.29, 0.717) is 5.75 Å². The van der Waals surface area contributed by atoms with E-state index >= 15 is 0 Å². The molecule has 2 unspecified atom stereocenters. The van der Waals surface area contributed by atoms with Gasteiger partial charge in [-0.2, -0.15) is 0 Å². The summed E-state index contributed by atoms with van der Waals surface area (Å²) in [6.45, 7) is 6.20. The van der Waals surface area contributed by atoms with E-state index in [1.807, 2.05) is 34.9 Å². The van der Waals surface area contributed by atoms with Crippen molar-refractivity contribution in [1.82, 2.24) is 4.90 Å². The van der Waals surface area contributed by atoms with Crippen LogP contribution in [0.3, 0.4) is 0 Å². The van der Waals surface area contributed by atoms with Crippen LogP contribution < -0.4 is 0 Å². The monoisotopic (exact) mass is 237 g/mol. The van der Waals surface area contributed by atoms with Crippen molar-refractivity contribution in [2.75, 3.05) is 20.7 Å². The number of aliphatic hydroxyl groups excluding tert-OH is 1. The number of benzene rings is 1. The molecule has 0 fully saturated rings. The highest BCUT2D eigenvalue weighted by molar-refractivity contribution is 5.42. The van der Waals surface area contributed by atoms with Gasteiger partial charge in [0.1, 0.15) is 5.75 Å². The Morgan fingerprint density at radius 2 is 1.65 bits per heavy atom. The van der Waals surface area contributed by atoms with Gasteiger partial charge in [0.2, 0.25) is 0 Å². The summed E-state index contributed by atoms with van der Waals surface area (Å²) in [4.78, 5) is 2.12. The van der Waals surface area contributed by atoms with Crippen molar-refractivity contribution in [3.8, 4) is 5.75 Å². The van der Waals surface area contributed by atoms with E-state index in [0.717, 1.165) is 11.1 Å². The summed E-state index contributed by atoms with van der Waals surface area (Å²) in [5, 5.41) is 18.9. The summed E-state index contributed by atoms with van der Waals surface area (Å²) < 4.78 is 0. The highest BCUT2D eigenvalue weighted by Crippen LogP contribution is 2.33. The fourth-order valence-electron chi connectivity index (χ4n) is 2.57. The van der Waals surface area contributed by atoms with Gasteiger partial charge >= 0.3 is 0 Å². The predicted octanol–water partition coefficient (Wildman–Crippen LogP) is 2.24. The third kappa shape index (κ3) is 2.99. The second-order valence-electron chi connectivity index (χ2n) is 5.06. The zero-order valence-corrected chi connectivity index (χ0v) is 11.4. The van der Waals surface area contributed by atoms with E-state index in [9.17, 15) is 10.2 Å². The van der Waals surface area contributed by atoms with Crippen LogP contribution in [0.15, 0.2) is 12.1 Å². The first kappa shape index (κ1) is 14.0. The highest BCUT2D eigenvalue weighted by Gasteiger charge is 2.24. The SMILES string of the molecule is Cc1cc(O)cc(C)c1C(C(C)CO)N(C)C. The van der Waals surface area contributed by atoms with Gasteiger partial charge in [0, 0.05) is 12.6 Å². The molecule has 1 aromatic carbocycles. The molecule has 1 rings (SSSR count). The topological polar surface area (TPSA) is 43.7 Å². The molecular formula is C14H23NO2. The van der Waals surface area contributed by atoms with Crippen LogP contribution in [0.5, 0.6) is 5.75 Å². The van der Waals surface area contributed by atoms with E-state index < -0.39 is 0 Å². The Morgan fingerprint density at radius 3 is 2.00 bits per heavy atom. The quantitative estimate of drug-likeness (QED) is 0.844. The van der Waals surface area contributed by atoms with Gasteiger partial charge in [-0.15, -0.1) is 0 Å². The van der Waals surface area contributed by atoms with E-state index in [-0.39, 0.29) is 18.6 Å². The van der Waals surface area contributed by atoms with E-state index in [4.69, 9.17) is 0 Å². The van der Waals surface area contributed by atoms with Gasteiger partial charge in [-0.25, -0.2) is 0 Å². The number of nitrogens with zero attached hydrogens (tertiary/aromatic N) is 1. The lowest BCUT2D eigenvalue weighted by Gasteiger charge is -2.32. The molecule has 2 atom stereocenters. The maximum atomic E-state index is 9.57. The van der Waals surface area contributed by atoms with Gasteiger partial charge in [0.25, 0.3) is 0 Å². The van der Waals surface area contributed by atoms with Gasteiger partial charge < -0.3 is 15.1 Å². The number of hydrogen-bond donors (Lipinski definition) is 2. The fraction of sp³-hybridized carbons (Fsp3) is 0.571. The van der Waals surface area contributed by atoms with Crippen molar-refractivity contribution in [3.05, 3.63) is 28.8 Å². The second kappa shape index (κ2) is 5.52. The third-order valence-electron chi connectivity index (χ3n) is 3.26. The van der Waals surface area contributed by atoms with Crippen LogP contribution >= 0.6 is 0 Å². The minimum atomic E-state index is 0.155. The van der Waals surface area contributed by atoms with Gasteiger partial charge in [-0.05, 0) is 62.7 Å². The average molecular weight is 237 g/mol. The Morgan fingerprint density at radius 1 is 1.18 bits per heavy atom. The number of aliphatic hydroxyl groups is 1. The molecule has 0 aliphatic carbocycles. The van der Waals surface area contributed by atoms with Crippen molar-refractivity contribution >= 4 is 0 Å². The Balaban J connectivity index is 3.28. The molecule has 2 N–H and O–H groups in total. The zero-order valence-electron chi connectivity index (χ0n) is 11.4. The highest BCUT2D eigenvalue weighted by atomic mass is 16.3. The molecule has 0 aromatic heterocycles. The smallest absolute Gasteiger partial charge is 0.116 e. The molecule has 0 saturated carbocycles. The third-order valence-corrected chi connectivity index (χ3v) is 3.26. The van der Waals surface area contributed by atoms with Crippen molar-refractivity contribution in [3.63, 3.8) is 0 Å². The Labute approximate surface area is 104 Å². The number of aromatic hydroxyl groups is 1. The molecule has 96 valence electrons. The van der Waals surface area contributed by atoms with Gasteiger partial charge in [-0.3, -0.25) is 0 Å². The molecule has 0 radical (unpaired) electrons. The Hall–Kier alpha value is -1.06. The van der Waals surface area contributed by atoms with Crippen LogP contribution in [0.2, 0.25) is 0 Å². The van der Waals surface area contributed by atoms with E-state index in [2.05, 4.69) is 4.90 Å². The molecule has 0 heterocycles. The van der Waals surface area contributed by atoms with Crippen molar-refractivity contribution in [2.45, 2.75) is 26.8 Å². The molecule has 0 saturated heterocycles. The summed E-state index contributed by atoms with van der Waals surface area (Å²) in [5.74, 6) is 0.463. The number of phenolic OH excluding ortho intramolecular Hbond substituents is 1. The molecule has 17 heavy (non-hydrogen) atoms. The molecule has 0 bridgehead atoms. The first-order chi connectivity index (χ1) is 7.88. The Bertz CT molecular complexity index is 365. The number of rotatable bonds is 4. The maximum absolute atomic E-state index is 9.57. The zero-order chi connectivity index (χ0) is 13.2. The van der Waals surface area contributed by atoms with Gasteiger partial charge in [0.15, 0.2) is 0 Å². The molecular weight excluding hydrogens is 214 g/mol. The van der Waals surface area contributed by atoms with Crippen LogP contribution in [-0.4, -0.2) is 35.8 Å². The lowest BCUT2D eigenvalue weighted by Crippen LogP contribution is -2.29. The lowest BCUT2D eigenvalue weighted by molar-refractivity contribution is 0.145. The number of hydrogen-bond acceptors (Lipinski definition) is 3. The second-order valence-corrected chi connectivity index (χ2v) is 5.06. The summed E-state index contributed by atoms with van der Waals surface area (Å²) in [6, 6.07) is 3.73. The molecule has 3 heteroatoms. The van der Waals surface area contributed by atoms with Crippen LogP contribution in [0.1, 0.15) is 29.7 Å². The van der Waals surface area contributed by atoms with Crippen LogP contribution in [0.4, 0.5) is 0 Å². The molecule has 0 amide bonds. The first-order valence-electron chi connectivity index (χ1n) is 5.95. The summed E-state index contributed by atoms with van der Waals surface area (Å²) in [5.41, 5.74) is 3.34. The lowest BCUT2D eigenvalue weighted by atomic mass is 9.88. The summed E-state index contributed by atoms with van der Waals surface area (Å²) in [7, 11) is 4.03. The number of phenols is 1. The maximum Gasteiger partial charge on any atom is 0.116 e. The summed E-state index contributed by atoms with van der Waals surface area (Å²) in [6.07, 6.45) is 0. The molecule has 1 aromatic rings. The predicted molar refractivity (Wildman–Crippen MR) is 70.3 cm³/mol. The largest absolute Gasteiger partial charge is 0.508 e. The standard InChI is InChI=1S/C14H23NO2/c1-9-6-12(17)7-10(2)13(9)14(15(4)5)11(3)8-16/h6-7,11,14,16-17H,8H2,1-5H3. The van der Waals surface area contributed by atoms with Crippen LogP contribution in [0, 0.1) is 19.8 Å². The average Bonchev–Trinajstić information content (AvgIpc) is 2.21. The van der Waals surface area contributed by atoms with Gasteiger partial charge in [-0.1, -0.05) is 6.92 Å².